The van der Waals surface area contributed by atoms with Crippen LogP contribution in [0.5, 0.6) is 0 Å². The highest BCUT2D eigenvalue weighted by Crippen LogP contribution is 2.09. The minimum Gasteiger partial charge on any atom is -0.479 e. The SMILES string of the molecule is CCOC(C)=NOCC(O)CN(O)C(=O)OC(C)(C)C. The standard InChI is InChI=1S/C12H24N2O6/c1-6-18-9(2)13-19-8-10(15)7-14(17)11(16)20-12(3,4)5/h10,15,17H,6-8H2,1-5H3. The number of carbonyl (C=O) groups excluding carboxylic acids is 1. The molecule has 0 aromatic heterocycles. The van der Waals surface area contributed by atoms with E-state index in [1.54, 1.807) is 34.6 Å². The molecule has 0 rings (SSSR count). The van der Waals surface area contributed by atoms with E-state index in [0.29, 0.717) is 17.6 Å². The highest BCUT2D eigenvalue weighted by molar-refractivity contribution is 5.72. The number of hydroxylamine groups is 2. The third-order valence-electron chi connectivity index (χ3n) is 1.80. The molecule has 20 heavy (non-hydrogen) atoms. The number of aliphatic hydroxyl groups is 1. The molecular weight excluding hydrogens is 268 g/mol. The average molecular weight is 292 g/mol. The molecule has 0 aliphatic heterocycles. The normalized spacial score (nSPS) is 13.7. The third-order valence-corrected chi connectivity index (χ3v) is 1.80. The van der Waals surface area contributed by atoms with Crippen LogP contribution < -0.4 is 0 Å². The number of oxime groups is 1. The van der Waals surface area contributed by atoms with E-state index in [4.69, 9.17) is 14.3 Å². The molecular formula is C12H24N2O6. The van der Waals surface area contributed by atoms with Gasteiger partial charge >= 0.3 is 6.09 Å². The van der Waals surface area contributed by atoms with Crippen molar-refractivity contribution in [3.63, 3.8) is 0 Å². The highest BCUT2D eigenvalue weighted by Gasteiger charge is 2.23. The van der Waals surface area contributed by atoms with E-state index in [2.05, 4.69) is 5.16 Å². The van der Waals surface area contributed by atoms with Gasteiger partial charge < -0.3 is 19.4 Å². The summed E-state index contributed by atoms with van der Waals surface area (Å²) in [5.74, 6) is 0.327. The number of ether oxygens (including phenoxy) is 2. The van der Waals surface area contributed by atoms with E-state index in [-0.39, 0.29) is 13.2 Å². The fourth-order valence-electron chi connectivity index (χ4n) is 1.09. The molecule has 1 amide bonds. The lowest BCUT2D eigenvalue weighted by Gasteiger charge is -2.24. The summed E-state index contributed by atoms with van der Waals surface area (Å²) in [5.41, 5.74) is -0.724. The molecule has 0 heterocycles. The summed E-state index contributed by atoms with van der Waals surface area (Å²) in [4.78, 5) is 16.2. The molecule has 118 valence electrons. The number of hydrogen-bond donors (Lipinski definition) is 2. The Kier molecular flexibility index (Phi) is 7.93. The van der Waals surface area contributed by atoms with Gasteiger partial charge in [0.15, 0.2) is 0 Å². The van der Waals surface area contributed by atoms with Crippen molar-refractivity contribution >= 4 is 12.0 Å². The van der Waals surface area contributed by atoms with Crippen molar-refractivity contribution in [3.05, 3.63) is 0 Å². The predicted molar refractivity (Wildman–Crippen MR) is 71.4 cm³/mol. The summed E-state index contributed by atoms with van der Waals surface area (Å²) in [6.45, 7) is 8.34. The van der Waals surface area contributed by atoms with Crippen LogP contribution in [0.25, 0.3) is 0 Å². The van der Waals surface area contributed by atoms with Crippen molar-refractivity contribution in [1.29, 1.82) is 0 Å². The van der Waals surface area contributed by atoms with Gasteiger partial charge in [-0.2, -0.15) is 5.06 Å². The molecule has 0 saturated heterocycles. The third kappa shape index (κ3) is 9.40. The summed E-state index contributed by atoms with van der Waals surface area (Å²) in [6.07, 6.45) is -2.05. The largest absolute Gasteiger partial charge is 0.479 e. The zero-order valence-corrected chi connectivity index (χ0v) is 12.6. The quantitative estimate of drug-likeness (QED) is 0.332. The second-order valence-corrected chi connectivity index (χ2v) is 5.06. The number of carbonyl (C=O) groups is 1. The Labute approximate surface area is 118 Å². The molecule has 8 heteroatoms. The lowest BCUT2D eigenvalue weighted by atomic mass is 10.2. The van der Waals surface area contributed by atoms with Crippen LogP contribution >= 0.6 is 0 Å². The molecule has 0 aromatic rings. The fraction of sp³-hybridized carbons (Fsp3) is 0.833. The Morgan fingerprint density at radius 1 is 1.40 bits per heavy atom. The maximum absolute atomic E-state index is 11.4. The summed E-state index contributed by atoms with van der Waals surface area (Å²) in [6, 6.07) is 0. The Morgan fingerprint density at radius 2 is 2.00 bits per heavy atom. The summed E-state index contributed by atoms with van der Waals surface area (Å²) < 4.78 is 9.92. The summed E-state index contributed by atoms with van der Waals surface area (Å²) in [5, 5.41) is 22.9. The van der Waals surface area contributed by atoms with E-state index in [1.165, 1.54) is 0 Å². The molecule has 0 aliphatic rings. The molecule has 1 atom stereocenters. The van der Waals surface area contributed by atoms with Crippen LogP contribution in [-0.2, 0) is 14.3 Å². The number of hydrogen-bond acceptors (Lipinski definition) is 7. The van der Waals surface area contributed by atoms with Crippen molar-refractivity contribution in [2.24, 2.45) is 5.16 Å². The van der Waals surface area contributed by atoms with Gasteiger partial charge in [0.05, 0.1) is 13.2 Å². The summed E-state index contributed by atoms with van der Waals surface area (Å²) >= 11 is 0. The van der Waals surface area contributed by atoms with Crippen molar-refractivity contribution < 1.29 is 29.4 Å². The van der Waals surface area contributed by atoms with Gasteiger partial charge in [0.25, 0.3) is 0 Å². The van der Waals surface area contributed by atoms with E-state index in [0.717, 1.165) is 0 Å². The molecule has 0 spiro atoms. The topological polar surface area (TPSA) is 101 Å². The van der Waals surface area contributed by atoms with Crippen LogP contribution in [0.3, 0.4) is 0 Å². The van der Waals surface area contributed by atoms with Gasteiger partial charge in [-0.1, -0.05) is 5.16 Å². The van der Waals surface area contributed by atoms with Crippen LogP contribution in [-0.4, -0.2) is 58.8 Å². The molecule has 0 bridgehead atoms. The van der Waals surface area contributed by atoms with E-state index >= 15 is 0 Å². The van der Waals surface area contributed by atoms with Gasteiger partial charge in [-0.05, 0) is 27.7 Å². The molecule has 0 aromatic carbocycles. The zero-order valence-electron chi connectivity index (χ0n) is 12.6. The van der Waals surface area contributed by atoms with Gasteiger partial charge in [-0.15, -0.1) is 0 Å². The average Bonchev–Trinajstić information content (AvgIpc) is 2.26. The molecule has 0 aliphatic carbocycles. The van der Waals surface area contributed by atoms with Gasteiger partial charge in [0.2, 0.25) is 5.90 Å². The number of amides is 1. The minimum atomic E-state index is -1.11. The second-order valence-electron chi connectivity index (χ2n) is 5.06. The van der Waals surface area contributed by atoms with Crippen molar-refractivity contribution in [3.8, 4) is 0 Å². The van der Waals surface area contributed by atoms with Crippen LogP contribution in [0.15, 0.2) is 5.16 Å². The first-order valence-corrected chi connectivity index (χ1v) is 6.32. The predicted octanol–water partition coefficient (Wildman–Crippen LogP) is 1.36. The fourth-order valence-corrected chi connectivity index (χ4v) is 1.09. The van der Waals surface area contributed by atoms with Crippen LogP contribution in [0.1, 0.15) is 34.6 Å². The van der Waals surface area contributed by atoms with Gasteiger partial charge in [-0.25, -0.2) is 4.79 Å². The van der Waals surface area contributed by atoms with Gasteiger partial charge in [0, 0.05) is 6.92 Å². The molecule has 8 nitrogen and oxygen atoms in total. The van der Waals surface area contributed by atoms with Crippen molar-refractivity contribution in [2.45, 2.75) is 46.3 Å². The highest BCUT2D eigenvalue weighted by atomic mass is 16.7. The maximum Gasteiger partial charge on any atom is 0.434 e. The number of aliphatic hydroxyl groups excluding tert-OH is 1. The zero-order chi connectivity index (χ0) is 15.8. The molecule has 0 saturated carbocycles. The Hall–Kier alpha value is -1.54. The van der Waals surface area contributed by atoms with Crippen LogP contribution in [0.2, 0.25) is 0 Å². The molecule has 0 radical (unpaired) electrons. The smallest absolute Gasteiger partial charge is 0.434 e. The summed E-state index contributed by atoms with van der Waals surface area (Å²) in [7, 11) is 0. The Morgan fingerprint density at radius 3 is 2.50 bits per heavy atom. The lowest BCUT2D eigenvalue weighted by Crippen LogP contribution is -2.40. The van der Waals surface area contributed by atoms with Gasteiger partial charge in [0.1, 0.15) is 18.3 Å². The monoisotopic (exact) mass is 292 g/mol. The van der Waals surface area contributed by atoms with Crippen molar-refractivity contribution in [1.82, 2.24) is 5.06 Å². The minimum absolute atomic E-state index is 0.190. The van der Waals surface area contributed by atoms with Crippen LogP contribution in [0, 0.1) is 0 Å². The van der Waals surface area contributed by atoms with E-state index in [9.17, 15) is 15.1 Å². The maximum atomic E-state index is 11.4. The first kappa shape index (κ1) is 18.5. The Balaban J connectivity index is 4.05. The van der Waals surface area contributed by atoms with E-state index in [1.807, 2.05) is 0 Å². The van der Waals surface area contributed by atoms with Crippen molar-refractivity contribution in [2.75, 3.05) is 19.8 Å². The number of nitrogens with zero attached hydrogens (tertiary/aromatic N) is 2. The van der Waals surface area contributed by atoms with E-state index < -0.39 is 17.8 Å². The molecule has 2 N–H and O–H groups in total. The Bertz CT molecular complexity index is 326. The van der Waals surface area contributed by atoms with Gasteiger partial charge in [-0.3, -0.25) is 5.21 Å². The second kappa shape index (κ2) is 8.60. The lowest BCUT2D eigenvalue weighted by molar-refractivity contribution is -0.117. The molecule has 1 unspecified atom stereocenters. The molecule has 0 fully saturated rings. The van der Waals surface area contributed by atoms with Crippen LogP contribution in [0.4, 0.5) is 4.79 Å². The number of rotatable bonds is 6. The first-order valence-electron chi connectivity index (χ1n) is 6.32. The first-order chi connectivity index (χ1) is 9.15.